The number of aliphatic carboxylic acids is 1. The molecule has 0 bridgehead atoms. The van der Waals surface area contributed by atoms with Crippen molar-refractivity contribution in [1.29, 1.82) is 0 Å². The third-order valence-corrected chi connectivity index (χ3v) is 12.5. The van der Waals surface area contributed by atoms with Crippen LogP contribution in [0.15, 0.2) is 122 Å². The molecule has 2 unspecified atom stereocenters. The number of allylic oxidation sites excluding steroid dienone is 20. The van der Waals surface area contributed by atoms with Crippen molar-refractivity contribution in [3.63, 3.8) is 0 Å². The molecule has 0 aliphatic rings. The molecule has 0 spiro atoms. The Bertz CT molecular complexity index is 1660. The highest BCUT2D eigenvalue weighted by Gasteiger charge is 2.25. The van der Waals surface area contributed by atoms with E-state index in [1.165, 1.54) is 83.5 Å². The molecule has 1 N–H and O–H groups in total. The first-order chi connectivity index (χ1) is 37.1. The van der Waals surface area contributed by atoms with E-state index in [0.29, 0.717) is 23.9 Å². The Morgan fingerprint density at radius 1 is 0.408 bits per heavy atom. The maximum absolute atomic E-state index is 12.8. The summed E-state index contributed by atoms with van der Waals surface area (Å²) in [4.78, 5) is 37.2. The van der Waals surface area contributed by atoms with Crippen molar-refractivity contribution in [3.8, 4) is 0 Å². The molecule has 2 atom stereocenters. The molecule has 0 heterocycles. The molecule has 0 aromatic rings. The smallest absolute Gasteiger partial charge is 0.361 e. The lowest BCUT2D eigenvalue weighted by Crippen LogP contribution is -2.40. The minimum Gasteiger partial charge on any atom is -0.477 e. The van der Waals surface area contributed by atoms with Crippen LogP contribution < -0.4 is 0 Å². The van der Waals surface area contributed by atoms with Crippen molar-refractivity contribution in [3.05, 3.63) is 122 Å². The second-order valence-corrected chi connectivity index (χ2v) is 20.9. The van der Waals surface area contributed by atoms with E-state index >= 15 is 0 Å². The summed E-state index contributed by atoms with van der Waals surface area (Å²) in [7, 11) is 5.95. The van der Waals surface area contributed by atoms with E-state index in [9.17, 15) is 19.5 Å². The summed E-state index contributed by atoms with van der Waals surface area (Å²) in [5.74, 6) is -2.02. The quantitative estimate of drug-likeness (QED) is 0.0211. The van der Waals surface area contributed by atoms with Crippen LogP contribution in [0.2, 0.25) is 0 Å². The fourth-order valence-corrected chi connectivity index (χ4v) is 7.86. The standard InChI is InChI=1S/C67H111NO8/c1-6-8-10-12-14-16-18-19-20-21-22-23-24-25-26-27-28-29-30-31-32-33-34-35-36-37-38-39-40-41-42-43-44-45-46-47-48-50-52-54-56-58-65(70)76-63(62-75-67(66(71)72)73-60-59-68(3,4)5)61-74-64(69)57-55-53-51-49-17-15-13-11-9-7-2/h8,10,14,16,19-20,22-23,25-26,28-29,31-32,34-35,37-38,40-41,63,67H,6-7,9,11-13,15,17-18,21,24,27,30,33,36,39,42-62H2,1-5H3/p+1/b10-8-,16-14-,20-19-,23-22-,26-25-,29-28-,32-31-,35-34-,38-37-,41-40-. The van der Waals surface area contributed by atoms with Crippen LogP contribution in [-0.2, 0) is 33.3 Å². The van der Waals surface area contributed by atoms with Gasteiger partial charge in [-0.1, -0.05) is 245 Å². The van der Waals surface area contributed by atoms with Crippen molar-refractivity contribution in [2.45, 2.75) is 238 Å². The van der Waals surface area contributed by atoms with E-state index in [0.717, 1.165) is 109 Å². The second-order valence-electron chi connectivity index (χ2n) is 20.9. The highest BCUT2D eigenvalue weighted by atomic mass is 16.7. The summed E-state index contributed by atoms with van der Waals surface area (Å²) in [6, 6.07) is 0. The van der Waals surface area contributed by atoms with E-state index in [1.807, 2.05) is 21.1 Å². The van der Waals surface area contributed by atoms with Gasteiger partial charge in [-0.2, -0.15) is 0 Å². The summed E-state index contributed by atoms with van der Waals surface area (Å²) in [5.41, 5.74) is 0. The van der Waals surface area contributed by atoms with Crippen LogP contribution in [0.25, 0.3) is 0 Å². The number of unbranched alkanes of at least 4 members (excludes halogenated alkanes) is 19. The number of carboxylic acids is 1. The molecule has 0 amide bonds. The third-order valence-electron chi connectivity index (χ3n) is 12.5. The fraction of sp³-hybridized carbons (Fsp3) is 0.657. The van der Waals surface area contributed by atoms with Crippen LogP contribution in [0, 0.1) is 0 Å². The van der Waals surface area contributed by atoms with Gasteiger partial charge in [0, 0.05) is 12.8 Å². The van der Waals surface area contributed by atoms with E-state index in [4.69, 9.17) is 18.9 Å². The number of carboxylic acid groups (broad SMARTS) is 1. The van der Waals surface area contributed by atoms with Crippen LogP contribution in [0.3, 0.4) is 0 Å². The Balaban J connectivity index is 4.08. The highest BCUT2D eigenvalue weighted by molar-refractivity contribution is 5.71. The molecule has 0 rings (SSSR count). The number of quaternary nitrogens is 1. The minimum atomic E-state index is -1.51. The molecule has 0 aromatic carbocycles. The normalized spacial score (nSPS) is 13.6. The Labute approximate surface area is 466 Å². The van der Waals surface area contributed by atoms with Gasteiger partial charge in [-0.05, 0) is 89.9 Å². The number of hydrogen-bond donors (Lipinski definition) is 1. The van der Waals surface area contributed by atoms with Crippen molar-refractivity contribution in [2.24, 2.45) is 0 Å². The monoisotopic (exact) mass is 1060 g/mol. The Hall–Kier alpha value is -4.31. The molecule has 9 heteroatoms. The summed E-state index contributed by atoms with van der Waals surface area (Å²) in [6.07, 6.45) is 77.3. The Morgan fingerprint density at radius 3 is 1.12 bits per heavy atom. The molecule has 0 aromatic heterocycles. The van der Waals surface area contributed by atoms with Gasteiger partial charge in [-0.15, -0.1) is 0 Å². The van der Waals surface area contributed by atoms with Gasteiger partial charge in [0.1, 0.15) is 13.2 Å². The van der Waals surface area contributed by atoms with E-state index in [2.05, 4.69) is 135 Å². The van der Waals surface area contributed by atoms with E-state index in [-0.39, 0.29) is 32.2 Å². The lowest BCUT2D eigenvalue weighted by molar-refractivity contribution is -0.870. The average molecular weight is 1060 g/mol. The second kappa shape index (κ2) is 56.9. The molecule has 0 fully saturated rings. The molecule has 76 heavy (non-hydrogen) atoms. The van der Waals surface area contributed by atoms with Crippen LogP contribution in [-0.4, -0.2) is 87.4 Å². The molecular weight excluding hydrogens is 947 g/mol. The fourth-order valence-electron chi connectivity index (χ4n) is 7.86. The summed E-state index contributed by atoms with van der Waals surface area (Å²) in [6.45, 7) is 4.73. The molecule has 0 saturated carbocycles. The molecular formula is C67H112NO8+. The van der Waals surface area contributed by atoms with Gasteiger partial charge >= 0.3 is 17.9 Å². The maximum atomic E-state index is 12.8. The third kappa shape index (κ3) is 57.4. The predicted octanol–water partition coefficient (Wildman–Crippen LogP) is 18.1. The first kappa shape index (κ1) is 71.7. The maximum Gasteiger partial charge on any atom is 0.361 e. The van der Waals surface area contributed by atoms with Crippen molar-refractivity contribution >= 4 is 17.9 Å². The Morgan fingerprint density at radius 2 is 0.750 bits per heavy atom. The number of likely N-dealkylation sites (N-methyl/N-ethyl adjacent to an activating group) is 1. The van der Waals surface area contributed by atoms with Crippen molar-refractivity contribution in [2.75, 3.05) is 47.5 Å². The molecule has 0 aliphatic heterocycles. The van der Waals surface area contributed by atoms with Gasteiger partial charge in [0.2, 0.25) is 0 Å². The van der Waals surface area contributed by atoms with Gasteiger partial charge in [0.15, 0.2) is 6.10 Å². The van der Waals surface area contributed by atoms with Crippen LogP contribution in [0.5, 0.6) is 0 Å². The number of nitrogens with zero attached hydrogens (tertiary/aromatic N) is 1. The first-order valence-electron chi connectivity index (χ1n) is 30.2. The van der Waals surface area contributed by atoms with Crippen LogP contribution in [0.1, 0.15) is 226 Å². The number of carbonyl (C=O) groups is 3. The van der Waals surface area contributed by atoms with E-state index in [1.54, 1.807) is 0 Å². The lowest BCUT2D eigenvalue weighted by Gasteiger charge is -2.25. The predicted molar refractivity (Wildman–Crippen MR) is 322 cm³/mol. The van der Waals surface area contributed by atoms with Crippen molar-refractivity contribution < 1.29 is 42.9 Å². The zero-order valence-corrected chi connectivity index (χ0v) is 49.1. The largest absolute Gasteiger partial charge is 0.477 e. The molecule has 0 saturated heterocycles. The van der Waals surface area contributed by atoms with Crippen molar-refractivity contribution in [1.82, 2.24) is 0 Å². The average Bonchev–Trinajstić information content (AvgIpc) is 3.39. The van der Waals surface area contributed by atoms with E-state index < -0.39 is 24.3 Å². The zero-order chi connectivity index (χ0) is 55.5. The van der Waals surface area contributed by atoms with Crippen LogP contribution in [0.4, 0.5) is 0 Å². The van der Waals surface area contributed by atoms with Gasteiger partial charge in [0.25, 0.3) is 6.29 Å². The molecule has 9 nitrogen and oxygen atoms in total. The molecule has 432 valence electrons. The Kier molecular flexibility index (Phi) is 53.7. The number of hydrogen-bond acceptors (Lipinski definition) is 7. The number of esters is 2. The SMILES string of the molecule is CC/C=C\C/C=C\C/C=C\C/C=C\C/C=C\C/C=C\C/C=C\C/C=C\C/C=C\C/C=C\CCCCCCCCCCCCC(=O)OC(COC(=O)CCCCCCCCCCCC)COC(OCC[N+](C)(C)C)C(=O)O. The number of ether oxygens (including phenoxy) is 4. The lowest BCUT2D eigenvalue weighted by atomic mass is 10.0. The minimum absolute atomic E-state index is 0.183. The van der Waals surface area contributed by atoms with Gasteiger partial charge < -0.3 is 28.5 Å². The summed E-state index contributed by atoms with van der Waals surface area (Å²) in [5, 5.41) is 9.67. The topological polar surface area (TPSA) is 108 Å². The van der Waals surface area contributed by atoms with Gasteiger partial charge in [-0.25, -0.2) is 4.79 Å². The zero-order valence-electron chi connectivity index (χ0n) is 49.1. The molecule has 0 aliphatic carbocycles. The highest BCUT2D eigenvalue weighted by Crippen LogP contribution is 2.15. The number of rotatable bonds is 54. The summed E-state index contributed by atoms with van der Waals surface area (Å²) < 4.78 is 22.8. The van der Waals surface area contributed by atoms with Crippen LogP contribution >= 0.6 is 0 Å². The van der Waals surface area contributed by atoms with Gasteiger partial charge in [0.05, 0.1) is 34.4 Å². The molecule has 0 radical (unpaired) electrons. The van der Waals surface area contributed by atoms with Gasteiger partial charge in [-0.3, -0.25) is 9.59 Å². The first-order valence-corrected chi connectivity index (χ1v) is 30.2. The number of carbonyl (C=O) groups excluding carboxylic acids is 2. The summed E-state index contributed by atoms with van der Waals surface area (Å²) >= 11 is 0.